The SMILES string of the molecule is CCOc1cc(Br)c(/C=C2\SC(=O)N(CC(=O)Nc3cccc4ccccc34)C2=O)cc1OC. The number of thioether (sulfide) groups is 1. The molecule has 0 bridgehead atoms. The molecule has 34 heavy (non-hydrogen) atoms. The first-order valence-electron chi connectivity index (χ1n) is 10.4. The van der Waals surface area contributed by atoms with E-state index in [2.05, 4.69) is 21.2 Å². The number of benzene rings is 3. The molecule has 4 rings (SSSR count). The van der Waals surface area contributed by atoms with Gasteiger partial charge in [0.05, 0.1) is 18.6 Å². The van der Waals surface area contributed by atoms with E-state index in [0.717, 1.165) is 27.4 Å². The largest absolute Gasteiger partial charge is 0.493 e. The summed E-state index contributed by atoms with van der Waals surface area (Å²) >= 11 is 4.26. The number of carbonyl (C=O) groups excluding carboxylic acids is 3. The molecular formula is C25H21BrN2O5S. The number of fused-ring (bicyclic) bond motifs is 1. The predicted octanol–water partition coefficient (Wildman–Crippen LogP) is 5.68. The summed E-state index contributed by atoms with van der Waals surface area (Å²) in [6, 6.07) is 16.7. The maximum absolute atomic E-state index is 12.9. The average molecular weight is 541 g/mol. The fourth-order valence-electron chi connectivity index (χ4n) is 3.53. The zero-order valence-corrected chi connectivity index (χ0v) is 20.9. The Labute approximate surface area is 209 Å². The van der Waals surface area contributed by atoms with Gasteiger partial charge in [-0.2, -0.15) is 0 Å². The highest BCUT2D eigenvalue weighted by Crippen LogP contribution is 2.38. The first kappa shape index (κ1) is 23.8. The van der Waals surface area contributed by atoms with Crippen LogP contribution in [-0.4, -0.2) is 42.2 Å². The molecule has 3 aromatic carbocycles. The number of hydrogen-bond donors (Lipinski definition) is 1. The Morgan fingerprint density at radius 2 is 1.88 bits per heavy atom. The maximum Gasteiger partial charge on any atom is 0.294 e. The highest BCUT2D eigenvalue weighted by atomic mass is 79.9. The summed E-state index contributed by atoms with van der Waals surface area (Å²) in [7, 11) is 1.53. The van der Waals surface area contributed by atoms with Crippen LogP contribution in [0.25, 0.3) is 16.8 Å². The second-order valence-corrected chi connectivity index (χ2v) is 9.15. The van der Waals surface area contributed by atoms with Gasteiger partial charge in [0, 0.05) is 15.5 Å². The number of hydrogen-bond acceptors (Lipinski definition) is 6. The van der Waals surface area contributed by atoms with Gasteiger partial charge in [-0.1, -0.05) is 52.3 Å². The number of amides is 3. The third kappa shape index (κ3) is 4.95. The Bertz CT molecular complexity index is 1320. The highest BCUT2D eigenvalue weighted by molar-refractivity contribution is 9.10. The Kier molecular flexibility index (Phi) is 7.23. The van der Waals surface area contributed by atoms with Crippen LogP contribution in [0, 0.1) is 0 Å². The van der Waals surface area contributed by atoms with Gasteiger partial charge in [0.15, 0.2) is 11.5 Å². The molecule has 3 amide bonds. The van der Waals surface area contributed by atoms with Crippen molar-refractivity contribution in [1.82, 2.24) is 4.90 Å². The van der Waals surface area contributed by atoms with Crippen molar-refractivity contribution in [2.45, 2.75) is 6.92 Å². The number of imide groups is 1. The number of nitrogens with one attached hydrogen (secondary N) is 1. The number of ether oxygens (including phenoxy) is 2. The van der Waals surface area contributed by atoms with Crippen molar-refractivity contribution in [3.8, 4) is 11.5 Å². The molecule has 1 N–H and O–H groups in total. The molecule has 3 aromatic rings. The molecule has 0 unspecified atom stereocenters. The van der Waals surface area contributed by atoms with E-state index in [1.54, 1.807) is 24.3 Å². The lowest BCUT2D eigenvalue weighted by Crippen LogP contribution is -2.36. The molecule has 0 aromatic heterocycles. The minimum Gasteiger partial charge on any atom is -0.493 e. The highest BCUT2D eigenvalue weighted by Gasteiger charge is 2.36. The number of anilines is 1. The van der Waals surface area contributed by atoms with Crippen LogP contribution < -0.4 is 14.8 Å². The van der Waals surface area contributed by atoms with Crippen molar-refractivity contribution in [2.75, 3.05) is 25.6 Å². The quantitative estimate of drug-likeness (QED) is 0.388. The fraction of sp³-hybridized carbons (Fsp3) is 0.160. The molecule has 174 valence electrons. The summed E-state index contributed by atoms with van der Waals surface area (Å²) in [5.74, 6) is 0.0869. The van der Waals surface area contributed by atoms with Gasteiger partial charge in [0.1, 0.15) is 6.54 Å². The molecule has 1 saturated heterocycles. The number of methoxy groups -OCH3 is 1. The van der Waals surface area contributed by atoms with Gasteiger partial charge >= 0.3 is 0 Å². The molecule has 9 heteroatoms. The molecular weight excluding hydrogens is 520 g/mol. The molecule has 1 fully saturated rings. The van der Waals surface area contributed by atoms with Crippen LogP contribution in [-0.2, 0) is 9.59 Å². The summed E-state index contributed by atoms with van der Waals surface area (Å²) in [4.78, 5) is 39.3. The fourth-order valence-corrected chi connectivity index (χ4v) is 4.80. The predicted molar refractivity (Wildman–Crippen MR) is 137 cm³/mol. The minimum absolute atomic E-state index is 0.217. The van der Waals surface area contributed by atoms with Crippen molar-refractivity contribution in [3.63, 3.8) is 0 Å². The van der Waals surface area contributed by atoms with Crippen LogP contribution in [0.3, 0.4) is 0 Å². The molecule has 0 aliphatic carbocycles. The van der Waals surface area contributed by atoms with Crippen molar-refractivity contribution < 1.29 is 23.9 Å². The minimum atomic E-state index is -0.525. The number of carbonyl (C=O) groups is 3. The Balaban J connectivity index is 1.52. The van der Waals surface area contributed by atoms with Crippen molar-refractivity contribution in [2.24, 2.45) is 0 Å². The monoisotopic (exact) mass is 540 g/mol. The number of halogens is 1. The lowest BCUT2D eigenvalue weighted by molar-refractivity contribution is -0.127. The topological polar surface area (TPSA) is 84.9 Å². The van der Waals surface area contributed by atoms with Crippen LogP contribution in [0.4, 0.5) is 10.5 Å². The summed E-state index contributed by atoms with van der Waals surface area (Å²) in [6.45, 7) is 1.97. The van der Waals surface area contributed by atoms with Crippen LogP contribution in [0.15, 0.2) is 64.0 Å². The molecule has 7 nitrogen and oxygen atoms in total. The zero-order valence-electron chi connectivity index (χ0n) is 18.5. The van der Waals surface area contributed by atoms with E-state index in [0.29, 0.717) is 33.8 Å². The van der Waals surface area contributed by atoms with Crippen LogP contribution in [0.2, 0.25) is 0 Å². The van der Waals surface area contributed by atoms with E-state index in [4.69, 9.17) is 9.47 Å². The summed E-state index contributed by atoms with van der Waals surface area (Å²) in [6.07, 6.45) is 1.59. The lowest BCUT2D eigenvalue weighted by Gasteiger charge is -2.14. The van der Waals surface area contributed by atoms with Crippen LogP contribution in [0.1, 0.15) is 12.5 Å². The van der Waals surface area contributed by atoms with Crippen molar-refractivity contribution in [3.05, 3.63) is 69.5 Å². The molecule has 1 aliphatic rings. The van der Waals surface area contributed by atoms with Gasteiger partial charge in [0.25, 0.3) is 11.1 Å². The molecule has 1 heterocycles. The van der Waals surface area contributed by atoms with Crippen LogP contribution in [0.5, 0.6) is 11.5 Å². The van der Waals surface area contributed by atoms with E-state index >= 15 is 0 Å². The average Bonchev–Trinajstić information content (AvgIpc) is 3.08. The van der Waals surface area contributed by atoms with E-state index < -0.39 is 17.1 Å². The normalized spacial score (nSPS) is 14.7. The van der Waals surface area contributed by atoms with E-state index in [1.165, 1.54) is 7.11 Å². The van der Waals surface area contributed by atoms with Gasteiger partial charge in [-0.05, 0) is 53.9 Å². The smallest absolute Gasteiger partial charge is 0.294 e. The van der Waals surface area contributed by atoms with Gasteiger partial charge in [-0.3, -0.25) is 19.3 Å². The third-order valence-corrected chi connectivity index (χ3v) is 6.70. The molecule has 0 saturated carbocycles. The maximum atomic E-state index is 12.9. The second kappa shape index (κ2) is 10.3. The van der Waals surface area contributed by atoms with Gasteiger partial charge in [-0.25, -0.2) is 0 Å². The molecule has 1 aliphatic heterocycles. The van der Waals surface area contributed by atoms with E-state index in [-0.39, 0.29) is 11.4 Å². The summed E-state index contributed by atoms with van der Waals surface area (Å²) in [5.41, 5.74) is 1.27. The first-order valence-corrected chi connectivity index (χ1v) is 12.1. The van der Waals surface area contributed by atoms with Gasteiger partial charge in [-0.15, -0.1) is 0 Å². The number of nitrogens with zero attached hydrogens (tertiary/aromatic N) is 1. The lowest BCUT2D eigenvalue weighted by atomic mass is 10.1. The molecule has 0 radical (unpaired) electrons. The summed E-state index contributed by atoms with van der Waals surface area (Å²) < 4.78 is 11.6. The molecule has 0 spiro atoms. The van der Waals surface area contributed by atoms with E-state index in [1.807, 2.05) is 43.3 Å². The van der Waals surface area contributed by atoms with Crippen molar-refractivity contribution >= 4 is 67.3 Å². The number of rotatable bonds is 7. The van der Waals surface area contributed by atoms with Gasteiger partial charge < -0.3 is 14.8 Å². The van der Waals surface area contributed by atoms with Gasteiger partial charge in [0.2, 0.25) is 5.91 Å². The third-order valence-electron chi connectivity index (χ3n) is 5.11. The zero-order chi connectivity index (χ0) is 24.2. The first-order chi connectivity index (χ1) is 16.4. The van der Waals surface area contributed by atoms with E-state index in [9.17, 15) is 14.4 Å². The standard InChI is InChI=1S/C25H21BrN2O5S/c1-3-33-21-13-18(26)16(11-20(21)32-2)12-22-24(30)28(25(31)34-22)14-23(29)27-19-10-6-8-15-7-4-5-9-17(15)19/h4-13H,3,14H2,1-2H3,(H,27,29)/b22-12-. The molecule has 0 atom stereocenters. The Morgan fingerprint density at radius 1 is 1.12 bits per heavy atom. The van der Waals surface area contributed by atoms with Crippen molar-refractivity contribution in [1.29, 1.82) is 0 Å². The Hall–Kier alpha value is -3.30. The van der Waals surface area contributed by atoms with Crippen LogP contribution >= 0.6 is 27.7 Å². The Morgan fingerprint density at radius 3 is 2.65 bits per heavy atom. The summed E-state index contributed by atoms with van der Waals surface area (Å²) in [5, 5.41) is 4.16. The second-order valence-electron chi connectivity index (χ2n) is 7.30.